The molecule has 0 bridgehead atoms. The zero-order chi connectivity index (χ0) is 27.3. The van der Waals surface area contributed by atoms with Crippen LogP contribution in [0.2, 0.25) is 0 Å². The minimum atomic E-state index is -0.137. The van der Waals surface area contributed by atoms with Crippen LogP contribution in [0.15, 0.2) is 36.4 Å². The van der Waals surface area contributed by atoms with Crippen LogP contribution in [-0.2, 0) is 6.16 Å². The van der Waals surface area contributed by atoms with Gasteiger partial charge in [-0.05, 0) is 116 Å². The van der Waals surface area contributed by atoms with Gasteiger partial charge in [0.2, 0.25) is 0 Å². The zero-order valence-electron chi connectivity index (χ0n) is 24.1. The first kappa shape index (κ1) is 29.7. The van der Waals surface area contributed by atoms with Crippen molar-refractivity contribution in [1.82, 2.24) is 0 Å². The summed E-state index contributed by atoms with van der Waals surface area (Å²) in [7, 11) is 5.65. The number of ether oxygens (including phenoxy) is 1. The van der Waals surface area contributed by atoms with Crippen LogP contribution < -0.4 is 10.0 Å². The third-order valence-corrected chi connectivity index (χ3v) is 10.9. The molecule has 208 valence electrons. The van der Waals surface area contributed by atoms with Gasteiger partial charge in [0.25, 0.3) is 0 Å². The highest BCUT2D eigenvalue weighted by Gasteiger charge is 2.28. The van der Waals surface area contributed by atoms with Gasteiger partial charge >= 0.3 is 0 Å². The quantitative estimate of drug-likeness (QED) is 0.266. The van der Waals surface area contributed by atoms with Crippen LogP contribution in [0.4, 0.5) is 4.39 Å². The first-order valence-electron chi connectivity index (χ1n) is 15.1. The Morgan fingerprint density at radius 3 is 2.21 bits per heavy atom. The van der Waals surface area contributed by atoms with Gasteiger partial charge in [0.15, 0.2) is 0 Å². The van der Waals surface area contributed by atoms with E-state index in [9.17, 15) is 0 Å². The number of halogens is 1. The molecule has 0 aromatic heterocycles. The maximum absolute atomic E-state index is 15.5. The molecule has 2 aliphatic rings. The Morgan fingerprint density at radius 2 is 1.63 bits per heavy atom. The van der Waals surface area contributed by atoms with Crippen LogP contribution in [-0.4, -0.2) is 6.61 Å². The second kappa shape index (κ2) is 13.4. The Hall–Kier alpha value is -1.23. The molecular weight excluding hydrogens is 505 g/mol. The molecule has 2 aliphatic carbocycles. The van der Waals surface area contributed by atoms with Crippen LogP contribution in [0.25, 0.3) is 16.7 Å². The molecule has 0 N–H and O–H groups in total. The maximum atomic E-state index is 15.5. The van der Waals surface area contributed by atoms with E-state index in [0.717, 1.165) is 83.8 Å². The summed E-state index contributed by atoms with van der Waals surface area (Å²) in [5, 5.41) is 0.999. The van der Waals surface area contributed by atoms with E-state index in [1.165, 1.54) is 37.7 Å². The maximum Gasteiger partial charge on any atom is 0.131 e. The highest BCUT2D eigenvalue weighted by molar-refractivity contribution is 7.27. The van der Waals surface area contributed by atoms with Gasteiger partial charge in [0.05, 0.1) is 6.61 Å². The van der Waals surface area contributed by atoms with Gasteiger partial charge in [-0.1, -0.05) is 58.7 Å². The number of hydrogen-bond acceptors (Lipinski definition) is 1. The molecule has 1 fully saturated rings. The van der Waals surface area contributed by atoms with Crippen molar-refractivity contribution in [2.24, 2.45) is 23.2 Å². The van der Waals surface area contributed by atoms with Gasteiger partial charge in [-0.15, -0.1) is 18.5 Å². The average molecular weight is 555 g/mol. The summed E-state index contributed by atoms with van der Waals surface area (Å²) in [5.41, 5.74) is 5.27. The minimum Gasteiger partial charge on any atom is -0.492 e. The predicted octanol–water partition coefficient (Wildman–Crippen LogP) is 9.97. The van der Waals surface area contributed by atoms with Crippen molar-refractivity contribution in [3.8, 4) is 16.9 Å². The minimum absolute atomic E-state index is 0.137. The Bertz CT molecular complexity index is 1100. The topological polar surface area (TPSA) is 9.23 Å². The second-order valence-corrected chi connectivity index (χ2v) is 13.1. The van der Waals surface area contributed by atoms with E-state index < -0.39 is 0 Å². The highest BCUT2D eigenvalue weighted by Crippen LogP contribution is 2.42. The third-order valence-electron chi connectivity index (χ3n) is 10.0. The molecule has 2 aromatic carbocycles. The fourth-order valence-electron chi connectivity index (χ4n) is 6.73. The molecule has 1 saturated carbocycles. The normalized spacial score (nSPS) is 22.3. The van der Waals surface area contributed by atoms with Crippen molar-refractivity contribution in [3.05, 3.63) is 53.4 Å². The van der Waals surface area contributed by atoms with Crippen LogP contribution >= 0.6 is 18.5 Å². The Morgan fingerprint density at radius 1 is 0.921 bits per heavy atom. The van der Waals surface area contributed by atoms with Crippen molar-refractivity contribution in [2.45, 2.75) is 98.1 Å². The molecule has 3 atom stereocenters. The molecule has 38 heavy (non-hydrogen) atoms. The molecule has 4 heteroatoms. The third kappa shape index (κ3) is 6.73. The number of rotatable bonds is 10. The summed E-state index contributed by atoms with van der Waals surface area (Å²) in [5.74, 6) is 3.41. The van der Waals surface area contributed by atoms with Gasteiger partial charge in [0.1, 0.15) is 11.6 Å². The Labute approximate surface area is 236 Å². The largest absolute Gasteiger partial charge is 0.492 e. The molecular formula is C34H49FOP2. The molecule has 0 saturated heterocycles. The Kier molecular flexibility index (Phi) is 10.5. The molecule has 1 nitrogen and oxygen atoms in total. The van der Waals surface area contributed by atoms with Gasteiger partial charge in [-0.2, -0.15) is 0 Å². The summed E-state index contributed by atoms with van der Waals surface area (Å²) in [6.45, 7) is 9.87. The fourth-order valence-corrected chi connectivity index (χ4v) is 7.48. The summed E-state index contributed by atoms with van der Waals surface area (Å²) >= 11 is 0. The summed E-state index contributed by atoms with van der Waals surface area (Å²) < 4.78 is 22.0. The molecule has 2 aromatic rings. The fraction of sp³-hybridized carbons (Fsp3) is 0.588. The van der Waals surface area contributed by atoms with Crippen molar-refractivity contribution < 1.29 is 9.13 Å². The van der Waals surface area contributed by atoms with Gasteiger partial charge in [-0.3, -0.25) is 0 Å². The molecule has 0 spiro atoms. The van der Waals surface area contributed by atoms with E-state index >= 15 is 4.39 Å². The summed E-state index contributed by atoms with van der Waals surface area (Å²) in [6.07, 6.45) is 15.6. The standard InChI is InChI=1S/C34H49FOP2/c1-5-34(6-2,7-3)22-36-33-29(21-37)18-28(20-32(33)38)30-17-16-27(19-31(30)35)26-14-12-25(13-15-26)24-10-8-23(4)9-11-24/h14,16-20,23-25H,5-13,15,21-22,37-38H2,1-4H3. The Balaban J connectivity index is 1.49. The van der Waals surface area contributed by atoms with E-state index in [1.807, 2.05) is 6.07 Å². The lowest BCUT2D eigenvalue weighted by Gasteiger charge is -2.34. The second-order valence-electron chi connectivity index (χ2n) is 12.1. The first-order chi connectivity index (χ1) is 18.3. The zero-order valence-corrected chi connectivity index (χ0v) is 26.4. The number of benzene rings is 2. The molecule has 0 amide bonds. The van der Waals surface area contributed by atoms with E-state index in [1.54, 1.807) is 6.07 Å². The van der Waals surface area contributed by atoms with Gasteiger partial charge in [0, 0.05) is 16.3 Å². The lowest BCUT2D eigenvalue weighted by atomic mass is 9.71. The monoisotopic (exact) mass is 554 g/mol. The lowest BCUT2D eigenvalue weighted by Crippen LogP contribution is -2.27. The summed E-state index contributed by atoms with van der Waals surface area (Å²) in [4.78, 5) is 0. The van der Waals surface area contributed by atoms with E-state index in [0.29, 0.717) is 12.2 Å². The smallest absolute Gasteiger partial charge is 0.131 e. The first-order valence-corrected chi connectivity index (χ1v) is 16.5. The molecule has 3 unspecified atom stereocenters. The summed E-state index contributed by atoms with van der Waals surface area (Å²) in [6, 6.07) is 10.0. The number of allylic oxidation sites excluding steroid dienone is 2. The van der Waals surface area contributed by atoms with Crippen molar-refractivity contribution >= 4 is 29.4 Å². The number of hydrogen-bond donors (Lipinski definition) is 0. The SMILES string of the molecule is CCC(CC)(CC)COc1c(P)cc(-c2ccc(C3=CCC(C4CCC(C)CC4)CC3)cc2F)cc1CP. The molecule has 0 radical (unpaired) electrons. The lowest BCUT2D eigenvalue weighted by molar-refractivity contribution is 0.128. The van der Waals surface area contributed by atoms with Crippen molar-refractivity contribution in [2.75, 3.05) is 6.61 Å². The molecule has 0 heterocycles. The van der Waals surface area contributed by atoms with Crippen molar-refractivity contribution in [3.63, 3.8) is 0 Å². The van der Waals surface area contributed by atoms with Crippen LogP contribution in [0.3, 0.4) is 0 Å². The van der Waals surface area contributed by atoms with E-state index in [2.05, 4.69) is 70.4 Å². The molecule has 0 aliphatic heterocycles. The molecule has 4 rings (SSSR count). The van der Waals surface area contributed by atoms with E-state index in [4.69, 9.17) is 4.74 Å². The average Bonchev–Trinajstić information content (AvgIpc) is 2.95. The van der Waals surface area contributed by atoms with Crippen molar-refractivity contribution in [1.29, 1.82) is 0 Å². The van der Waals surface area contributed by atoms with Crippen LogP contribution in [0.5, 0.6) is 5.75 Å². The van der Waals surface area contributed by atoms with Gasteiger partial charge in [-0.25, -0.2) is 4.39 Å². The van der Waals surface area contributed by atoms with Gasteiger partial charge < -0.3 is 4.74 Å². The van der Waals surface area contributed by atoms with E-state index in [-0.39, 0.29) is 11.2 Å². The van der Waals surface area contributed by atoms with Crippen LogP contribution in [0, 0.1) is 29.0 Å². The predicted molar refractivity (Wildman–Crippen MR) is 170 cm³/mol. The van der Waals surface area contributed by atoms with Crippen LogP contribution in [0.1, 0.15) is 103 Å². The highest BCUT2D eigenvalue weighted by atomic mass is 31.0.